The molecule has 1 aromatic rings. The van der Waals surface area contributed by atoms with Gasteiger partial charge >= 0.3 is 5.97 Å². The van der Waals surface area contributed by atoms with Crippen molar-refractivity contribution in [2.24, 2.45) is 5.73 Å². The number of fused-ring (bicyclic) bond motifs is 1. The van der Waals surface area contributed by atoms with Gasteiger partial charge in [-0.15, -0.1) is 18.3 Å². The van der Waals surface area contributed by atoms with Crippen molar-refractivity contribution in [2.45, 2.75) is 17.5 Å². The van der Waals surface area contributed by atoms with Crippen molar-refractivity contribution in [1.82, 2.24) is 10.2 Å². The van der Waals surface area contributed by atoms with Crippen LogP contribution in [-0.4, -0.2) is 71.1 Å². The lowest BCUT2D eigenvalue weighted by Gasteiger charge is -2.49. The lowest BCUT2D eigenvalue weighted by molar-refractivity contribution is -0.150. The van der Waals surface area contributed by atoms with Gasteiger partial charge in [-0.1, -0.05) is 18.2 Å². The summed E-state index contributed by atoms with van der Waals surface area (Å²) in [6.07, 6.45) is 2.73. The molecule has 13 heteroatoms. The zero-order chi connectivity index (χ0) is 24.3. The third-order valence-electron chi connectivity index (χ3n) is 4.89. The highest BCUT2D eigenvalue weighted by Gasteiger charge is 2.54. The number of rotatable bonds is 10. The number of sulfonamides is 1. The molecular weight excluding hydrogens is 488 g/mol. The summed E-state index contributed by atoms with van der Waals surface area (Å²) in [4.78, 5) is 38.5. The van der Waals surface area contributed by atoms with E-state index in [9.17, 15) is 27.9 Å². The van der Waals surface area contributed by atoms with Crippen LogP contribution in [-0.2, 0) is 24.4 Å². The Kier molecular flexibility index (Phi) is 7.77. The minimum atomic E-state index is -3.50. The molecule has 0 saturated carbocycles. The number of carboxylic acids is 1. The average molecular weight is 513 g/mol. The van der Waals surface area contributed by atoms with Crippen LogP contribution < -0.4 is 15.8 Å². The smallest absolute Gasteiger partial charge is 0.352 e. The number of amides is 2. The maximum Gasteiger partial charge on any atom is 0.352 e. The van der Waals surface area contributed by atoms with Crippen LogP contribution in [0.2, 0.25) is 0 Å². The number of β-lactam (4-membered cyclic amide) rings is 1. The van der Waals surface area contributed by atoms with Crippen LogP contribution >= 0.6 is 23.5 Å². The van der Waals surface area contributed by atoms with E-state index >= 15 is 0 Å². The van der Waals surface area contributed by atoms with Crippen LogP contribution in [0.15, 0.2) is 48.2 Å². The SMILES string of the molecule is C=CCSCC1=C(C(=O)O)N2C(=O)C(NC(=O)C(N)c3cccc(NS(C)(=O)=O)c3)[C@H]2SC1. The van der Waals surface area contributed by atoms with E-state index in [4.69, 9.17) is 5.73 Å². The van der Waals surface area contributed by atoms with Crippen molar-refractivity contribution in [1.29, 1.82) is 0 Å². The number of nitrogens with two attached hydrogens (primary N) is 1. The summed E-state index contributed by atoms with van der Waals surface area (Å²) >= 11 is 2.89. The van der Waals surface area contributed by atoms with Crippen molar-refractivity contribution in [2.75, 3.05) is 28.2 Å². The molecule has 0 bridgehead atoms. The Morgan fingerprint density at radius 3 is 2.82 bits per heavy atom. The molecule has 3 rings (SSSR count). The van der Waals surface area contributed by atoms with E-state index in [1.54, 1.807) is 18.2 Å². The second-order valence-electron chi connectivity index (χ2n) is 7.43. The van der Waals surface area contributed by atoms with E-state index in [2.05, 4.69) is 16.6 Å². The lowest BCUT2D eigenvalue weighted by atomic mass is 10.0. The van der Waals surface area contributed by atoms with E-state index in [1.807, 2.05) is 0 Å². The molecule has 178 valence electrons. The zero-order valence-corrected chi connectivity index (χ0v) is 20.1. The number of nitrogens with zero attached hydrogens (tertiary/aromatic N) is 1. The quantitative estimate of drug-likeness (QED) is 0.201. The highest BCUT2D eigenvalue weighted by Crippen LogP contribution is 2.41. The summed E-state index contributed by atoms with van der Waals surface area (Å²) < 4.78 is 25.2. The molecule has 0 aromatic heterocycles. The molecular formula is C20H24N4O6S3. The zero-order valence-electron chi connectivity index (χ0n) is 17.7. The largest absolute Gasteiger partial charge is 0.477 e. The highest BCUT2D eigenvalue weighted by molar-refractivity contribution is 8.01. The topological polar surface area (TPSA) is 159 Å². The van der Waals surface area contributed by atoms with E-state index < -0.39 is 45.3 Å². The van der Waals surface area contributed by atoms with Gasteiger partial charge in [0.15, 0.2) is 0 Å². The van der Waals surface area contributed by atoms with Gasteiger partial charge in [-0.25, -0.2) is 13.2 Å². The number of benzene rings is 1. The van der Waals surface area contributed by atoms with Crippen LogP contribution in [0, 0.1) is 0 Å². The summed E-state index contributed by atoms with van der Waals surface area (Å²) in [5.41, 5.74) is 7.27. The maximum atomic E-state index is 12.8. The lowest BCUT2D eigenvalue weighted by Crippen LogP contribution is -2.71. The third-order valence-corrected chi connectivity index (χ3v) is 7.86. The van der Waals surface area contributed by atoms with Crippen molar-refractivity contribution in [3.8, 4) is 0 Å². The molecule has 2 aliphatic heterocycles. The highest BCUT2D eigenvalue weighted by atomic mass is 32.2. The van der Waals surface area contributed by atoms with E-state index in [0.29, 0.717) is 28.4 Å². The Morgan fingerprint density at radius 1 is 1.45 bits per heavy atom. The van der Waals surface area contributed by atoms with Gasteiger partial charge in [0, 0.05) is 22.9 Å². The van der Waals surface area contributed by atoms with Crippen LogP contribution in [0.5, 0.6) is 0 Å². The van der Waals surface area contributed by atoms with E-state index in [0.717, 1.165) is 6.26 Å². The molecule has 1 fully saturated rings. The maximum absolute atomic E-state index is 12.8. The minimum absolute atomic E-state index is 0.0327. The molecule has 0 spiro atoms. The first-order valence-corrected chi connectivity index (χ1v) is 13.9. The Labute approximate surface area is 200 Å². The number of anilines is 1. The molecule has 3 atom stereocenters. The third kappa shape index (κ3) is 5.72. The fourth-order valence-electron chi connectivity index (χ4n) is 3.46. The second-order valence-corrected chi connectivity index (χ2v) is 11.3. The number of carbonyl (C=O) groups is 3. The van der Waals surface area contributed by atoms with Crippen molar-refractivity contribution in [3.63, 3.8) is 0 Å². The fraction of sp³-hybridized carbons (Fsp3) is 0.350. The first kappa shape index (κ1) is 25.1. The number of thioether (sulfide) groups is 2. The molecule has 2 heterocycles. The molecule has 0 aliphatic carbocycles. The number of aliphatic carboxylic acids is 1. The summed E-state index contributed by atoms with van der Waals surface area (Å²) in [5.74, 6) is -0.758. The van der Waals surface area contributed by atoms with Gasteiger partial charge in [-0.05, 0) is 23.3 Å². The standard InChI is InChI=1S/C20H24N4O6S3/c1-3-7-31-9-12-10-32-19-15(18(26)24(19)16(12)20(27)28)22-17(25)14(21)11-5-4-6-13(8-11)23-33(2,29)30/h3-6,8,14-15,19,23H,1,7,9-10,21H2,2H3,(H,22,25)(H,27,28)/t14?,15?,19-/m1/s1. The van der Waals surface area contributed by atoms with Gasteiger partial charge < -0.3 is 16.2 Å². The van der Waals surface area contributed by atoms with Crippen molar-refractivity contribution >= 4 is 57.0 Å². The predicted octanol–water partition coefficient (Wildman–Crippen LogP) is 0.716. The van der Waals surface area contributed by atoms with Gasteiger partial charge in [0.1, 0.15) is 23.2 Å². The molecule has 0 radical (unpaired) electrons. The average Bonchev–Trinajstić information content (AvgIpc) is 2.75. The van der Waals surface area contributed by atoms with Crippen LogP contribution in [0.1, 0.15) is 11.6 Å². The number of hydrogen-bond donors (Lipinski definition) is 4. The molecule has 2 aliphatic rings. The predicted molar refractivity (Wildman–Crippen MR) is 129 cm³/mol. The normalized spacial score (nSPS) is 21.0. The van der Waals surface area contributed by atoms with Gasteiger partial charge in [0.05, 0.1) is 6.26 Å². The van der Waals surface area contributed by atoms with Crippen LogP contribution in [0.25, 0.3) is 0 Å². The number of carbonyl (C=O) groups excluding carboxylic acids is 2. The molecule has 10 nitrogen and oxygen atoms in total. The van der Waals surface area contributed by atoms with E-state index in [1.165, 1.54) is 40.6 Å². The summed E-state index contributed by atoms with van der Waals surface area (Å²) in [5, 5.41) is 11.7. The first-order valence-electron chi connectivity index (χ1n) is 9.76. The first-order chi connectivity index (χ1) is 15.5. The molecule has 33 heavy (non-hydrogen) atoms. The van der Waals surface area contributed by atoms with Gasteiger partial charge in [0.2, 0.25) is 15.9 Å². The molecule has 1 saturated heterocycles. The Bertz CT molecular complexity index is 1120. The van der Waals surface area contributed by atoms with Crippen LogP contribution in [0.3, 0.4) is 0 Å². The molecule has 2 amide bonds. The van der Waals surface area contributed by atoms with Gasteiger partial charge in [-0.2, -0.15) is 11.8 Å². The number of carboxylic acid groups (broad SMARTS) is 1. The molecule has 2 unspecified atom stereocenters. The van der Waals surface area contributed by atoms with Gasteiger partial charge in [0.25, 0.3) is 5.91 Å². The fourth-order valence-corrected chi connectivity index (χ4v) is 6.26. The van der Waals surface area contributed by atoms with Crippen molar-refractivity contribution in [3.05, 3.63) is 53.8 Å². The molecule has 1 aromatic carbocycles. The van der Waals surface area contributed by atoms with Crippen LogP contribution in [0.4, 0.5) is 5.69 Å². The second kappa shape index (κ2) is 10.2. The Hall–Kier alpha value is -2.48. The summed E-state index contributed by atoms with van der Waals surface area (Å²) in [6.45, 7) is 3.64. The summed E-state index contributed by atoms with van der Waals surface area (Å²) in [6, 6.07) is 4.03. The van der Waals surface area contributed by atoms with Crippen molar-refractivity contribution < 1.29 is 27.9 Å². The Morgan fingerprint density at radius 2 is 2.18 bits per heavy atom. The van der Waals surface area contributed by atoms with E-state index in [-0.39, 0.29) is 11.4 Å². The minimum Gasteiger partial charge on any atom is -0.477 e. The number of hydrogen-bond acceptors (Lipinski definition) is 8. The number of nitrogens with one attached hydrogen (secondary N) is 2. The monoisotopic (exact) mass is 512 g/mol. The summed E-state index contributed by atoms with van der Waals surface area (Å²) in [7, 11) is -3.50. The molecule has 5 N–H and O–H groups in total. The van der Waals surface area contributed by atoms with Gasteiger partial charge in [-0.3, -0.25) is 19.2 Å². The Balaban J connectivity index is 1.70.